The first-order valence-electron chi connectivity index (χ1n) is 11.6. The highest BCUT2D eigenvalue weighted by Gasteiger charge is 2.54. The average molecular weight is 463 g/mol. The zero-order valence-corrected chi connectivity index (χ0v) is 19.1. The molecule has 1 aromatic carbocycles. The Balaban J connectivity index is 1.27. The summed E-state index contributed by atoms with van der Waals surface area (Å²) in [4.78, 5) is 12.8. The van der Waals surface area contributed by atoms with Gasteiger partial charge in [-0.1, -0.05) is 12.1 Å². The van der Waals surface area contributed by atoms with Gasteiger partial charge in [0.05, 0.1) is 23.0 Å². The van der Waals surface area contributed by atoms with Crippen LogP contribution in [0.1, 0.15) is 38.3 Å². The minimum atomic E-state index is -0.641. The summed E-state index contributed by atoms with van der Waals surface area (Å²) in [5.41, 5.74) is 14.4. The van der Waals surface area contributed by atoms with Crippen LogP contribution in [0.25, 0.3) is 21.9 Å². The molecule has 0 spiro atoms. The molecule has 4 heterocycles. The lowest BCUT2D eigenvalue weighted by Crippen LogP contribution is -2.27. The highest BCUT2D eigenvalue weighted by atomic mass is 19.1. The zero-order valence-electron chi connectivity index (χ0n) is 19.1. The van der Waals surface area contributed by atoms with Crippen LogP contribution in [0.15, 0.2) is 42.9 Å². The van der Waals surface area contributed by atoms with E-state index in [0.29, 0.717) is 17.3 Å². The fourth-order valence-electron chi connectivity index (χ4n) is 5.58. The van der Waals surface area contributed by atoms with Crippen LogP contribution < -0.4 is 11.5 Å². The van der Waals surface area contributed by atoms with E-state index in [-0.39, 0.29) is 24.1 Å². The molecule has 2 aliphatic rings. The molecule has 176 valence electrons. The van der Waals surface area contributed by atoms with E-state index in [1.807, 2.05) is 44.3 Å². The maximum Gasteiger partial charge on any atom is 0.165 e. The number of benzene rings is 1. The van der Waals surface area contributed by atoms with Crippen LogP contribution in [0.4, 0.5) is 16.0 Å². The minimum absolute atomic E-state index is 0.0139. The molecule has 1 aliphatic heterocycles. The minimum Gasteiger partial charge on any atom is -0.383 e. The van der Waals surface area contributed by atoms with Crippen LogP contribution in [0.2, 0.25) is 0 Å². The van der Waals surface area contributed by atoms with Gasteiger partial charge in [-0.15, -0.1) is 0 Å². The average Bonchev–Trinajstić information content (AvgIpc) is 3.45. The normalized spacial score (nSPS) is 25.9. The molecule has 1 saturated heterocycles. The molecule has 34 heavy (non-hydrogen) atoms. The Morgan fingerprint density at radius 1 is 1.09 bits per heavy atom. The lowest BCUT2D eigenvalue weighted by atomic mass is 9.95. The maximum absolute atomic E-state index is 13.7. The number of fused-ring (bicyclic) bond motifs is 3. The van der Waals surface area contributed by atoms with Gasteiger partial charge in [-0.2, -0.15) is 0 Å². The number of nitrogens with two attached hydrogens (primary N) is 2. The van der Waals surface area contributed by atoms with Gasteiger partial charge in [0.2, 0.25) is 0 Å². The summed E-state index contributed by atoms with van der Waals surface area (Å²) in [6.07, 6.45) is 6.11. The highest BCUT2D eigenvalue weighted by Crippen LogP contribution is 2.49. The van der Waals surface area contributed by atoms with Gasteiger partial charge in [-0.3, -0.25) is 0 Å². The lowest BCUT2D eigenvalue weighted by molar-refractivity contribution is -0.160. The fraction of sp³-hybridized carbons (Fsp3) is 0.400. The van der Waals surface area contributed by atoms with Crippen LogP contribution in [-0.2, 0) is 15.9 Å². The number of aryl methyl sites for hydroxylation is 1. The number of aromatic nitrogens is 4. The lowest BCUT2D eigenvalue weighted by Gasteiger charge is -2.24. The van der Waals surface area contributed by atoms with Gasteiger partial charge in [-0.25, -0.2) is 19.3 Å². The van der Waals surface area contributed by atoms with Gasteiger partial charge in [0.1, 0.15) is 23.9 Å². The summed E-state index contributed by atoms with van der Waals surface area (Å²) in [5, 5.41) is 1.59. The summed E-state index contributed by atoms with van der Waals surface area (Å²) in [6.45, 7) is 3.93. The highest BCUT2D eigenvalue weighted by molar-refractivity contribution is 5.86. The van der Waals surface area contributed by atoms with Crippen molar-refractivity contribution < 1.29 is 13.9 Å². The summed E-state index contributed by atoms with van der Waals surface area (Å²) < 4.78 is 28.6. The van der Waals surface area contributed by atoms with Crippen molar-refractivity contribution in [3.8, 4) is 0 Å². The van der Waals surface area contributed by atoms with Gasteiger partial charge >= 0.3 is 0 Å². The van der Waals surface area contributed by atoms with Crippen LogP contribution in [-0.4, -0.2) is 37.5 Å². The van der Waals surface area contributed by atoms with Crippen LogP contribution in [0.3, 0.4) is 0 Å². The maximum atomic E-state index is 13.7. The van der Waals surface area contributed by atoms with E-state index in [1.165, 1.54) is 12.4 Å². The molecule has 0 bridgehead atoms. The molecule has 1 aliphatic carbocycles. The monoisotopic (exact) mass is 462 g/mol. The SMILES string of the molecule is CC1(C)O[C@@H]2[C@@H](CCc3ccc4cc(F)c(N)nc4c3)C[C@@H](n3ccc4c(N)ncnc43)[C@@H]2O1. The number of nitrogens with zero attached hydrogens (tertiary/aromatic N) is 4. The first-order valence-corrected chi connectivity index (χ1v) is 11.6. The van der Waals surface area contributed by atoms with Crippen molar-refractivity contribution in [1.29, 1.82) is 0 Å². The van der Waals surface area contributed by atoms with Crippen molar-refractivity contribution in [3.05, 3.63) is 54.2 Å². The van der Waals surface area contributed by atoms with E-state index >= 15 is 0 Å². The van der Waals surface area contributed by atoms with Crippen molar-refractivity contribution in [1.82, 2.24) is 19.5 Å². The van der Waals surface area contributed by atoms with Crippen molar-refractivity contribution in [2.75, 3.05) is 11.5 Å². The zero-order chi connectivity index (χ0) is 23.6. The largest absolute Gasteiger partial charge is 0.383 e. The molecule has 4 aromatic rings. The first-order chi connectivity index (χ1) is 16.3. The van der Waals surface area contributed by atoms with E-state index in [4.69, 9.17) is 20.9 Å². The van der Waals surface area contributed by atoms with Crippen LogP contribution in [0, 0.1) is 11.7 Å². The molecule has 1 saturated carbocycles. The molecule has 6 rings (SSSR count). The molecule has 3 aromatic heterocycles. The smallest absolute Gasteiger partial charge is 0.165 e. The van der Waals surface area contributed by atoms with Crippen molar-refractivity contribution in [2.45, 2.75) is 57.1 Å². The van der Waals surface area contributed by atoms with Gasteiger partial charge < -0.3 is 25.5 Å². The molecule has 2 fully saturated rings. The first kappa shape index (κ1) is 21.2. The Bertz CT molecular complexity index is 1400. The fourth-order valence-corrected chi connectivity index (χ4v) is 5.58. The summed E-state index contributed by atoms with van der Waals surface area (Å²) in [7, 11) is 0. The Morgan fingerprint density at radius 2 is 1.91 bits per heavy atom. The van der Waals surface area contributed by atoms with Gasteiger partial charge in [0, 0.05) is 11.6 Å². The second-order valence-corrected chi connectivity index (χ2v) is 9.77. The number of halogens is 1. The second-order valence-electron chi connectivity index (χ2n) is 9.77. The molecular formula is C25H27FN6O2. The van der Waals surface area contributed by atoms with E-state index < -0.39 is 11.6 Å². The standard InChI is InChI=1S/C25H27FN6O2/c1-25(2)33-20-15(6-4-13-3-5-14-10-17(26)23(28)31-18(14)9-13)11-19(21(20)34-25)32-8-7-16-22(27)29-12-30-24(16)32/h3,5,7-10,12,15,19-21H,4,6,11H2,1-2H3,(H2,28,31)(H2,27,29,30)/t15-,19+,20+,21-/m0/s1. The number of nitrogen functional groups attached to an aromatic ring is 2. The Kier molecular flexibility index (Phi) is 4.76. The third-order valence-corrected chi connectivity index (χ3v) is 7.12. The van der Waals surface area contributed by atoms with Crippen LogP contribution >= 0.6 is 0 Å². The van der Waals surface area contributed by atoms with Gasteiger partial charge in [-0.05, 0) is 62.8 Å². The van der Waals surface area contributed by atoms with Crippen molar-refractivity contribution in [3.63, 3.8) is 0 Å². The topological polar surface area (TPSA) is 114 Å². The number of ether oxygens (including phenoxy) is 2. The van der Waals surface area contributed by atoms with E-state index in [1.54, 1.807) is 0 Å². The molecule has 4 N–H and O–H groups in total. The van der Waals surface area contributed by atoms with E-state index in [2.05, 4.69) is 19.5 Å². The Morgan fingerprint density at radius 3 is 2.76 bits per heavy atom. The quantitative estimate of drug-likeness (QED) is 0.471. The molecular weight excluding hydrogens is 435 g/mol. The van der Waals surface area contributed by atoms with Crippen molar-refractivity contribution >= 4 is 33.6 Å². The van der Waals surface area contributed by atoms with E-state index in [0.717, 1.165) is 41.2 Å². The van der Waals surface area contributed by atoms with Crippen molar-refractivity contribution in [2.24, 2.45) is 5.92 Å². The number of pyridine rings is 1. The summed E-state index contributed by atoms with van der Waals surface area (Å²) >= 11 is 0. The molecule has 0 radical (unpaired) electrons. The summed E-state index contributed by atoms with van der Waals surface area (Å²) in [5.74, 6) is -0.431. The number of hydrogen-bond acceptors (Lipinski definition) is 7. The Hall–Kier alpha value is -3.30. The molecule has 4 atom stereocenters. The summed E-state index contributed by atoms with van der Waals surface area (Å²) in [6, 6.07) is 9.39. The predicted octanol–water partition coefficient (Wildman–Crippen LogP) is 4.00. The van der Waals surface area contributed by atoms with Gasteiger partial charge in [0.15, 0.2) is 17.4 Å². The molecule has 0 unspecified atom stereocenters. The van der Waals surface area contributed by atoms with Gasteiger partial charge in [0.25, 0.3) is 0 Å². The number of rotatable bonds is 4. The molecule has 0 amide bonds. The number of anilines is 2. The Labute approximate surface area is 196 Å². The predicted molar refractivity (Wildman–Crippen MR) is 127 cm³/mol. The third-order valence-electron chi connectivity index (χ3n) is 7.12. The molecule has 8 nitrogen and oxygen atoms in total. The molecule has 9 heteroatoms. The second kappa shape index (κ2) is 7.61. The third kappa shape index (κ3) is 3.47. The van der Waals surface area contributed by atoms with Crippen LogP contribution in [0.5, 0.6) is 0 Å². The van der Waals surface area contributed by atoms with E-state index in [9.17, 15) is 4.39 Å². The number of hydrogen-bond donors (Lipinski definition) is 2.